The summed E-state index contributed by atoms with van der Waals surface area (Å²) in [5.41, 5.74) is 2.98. The molecule has 0 saturated carbocycles. The molecule has 1 aliphatic heterocycles. The molecule has 24 heavy (non-hydrogen) atoms. The Morgan fingerprint density at radius 2 is 1.71 bits per heavy atom. The first kappa shape index (κ1) is 16.6. The van der Waals surface area contributed by atoms with E-state index in [1.54, 1.807) is 30.3 Å². The van der Waals surface area contributed by atoms with Crippen LogP contribution in [0.5, 0.6) is 0 Å². The van der Waals surface area contributed by atoms with Crippen molar-refractivity contribution in [2.24, 2.45) is 0 Å². The average molecular weight is 361 g/mol. The van der Waals surface area contributed by atoms with Crippen LogP contribution in [-0.4, -0.2) is 11.8 Å². The molecule has 0 aromatic heterocycles. The maximum absolute atomic E-state index is 12.7. The van der Waals surface area contributed by atoms with E-state index in [2.05, 4.69) is 5.32 Å². The molecule has 0 unspecified atom stereocenters. The highest BCUT2D eigenvalue weighted by Crippen LogP contribution is 2.31. The molecule has 0 bridgehead atoms. The van der Waals surface area contributed by atoms with Crippen molar-refractivity contribution < 1.29 is 9.59 Å². The minimum Gasteiger partial charge on any atom is -0.350 e. The molecular weight excluding hydrogens is 347 g/mol. The predicted octanol–water partition coefficient (Wildman–Crippen LogP) is 4.39. The minimum absolute atomic E-state index is 0.0445. The Bertz CT molecular complexity index is 890. The molecule has 1 N–H and O–H groups in total. The van der Waals surface area contributed by atoms with E-state index < -0.39 is 11.8 Å². The quantitative estimate of drug-likeness (QED) is 0.825. The van der Waals surface area contributed by atoms with E-state index in [-0.39, 0.29) is 10.7 Å². The van der Waals surface area contributed by atoms with Crippen LogP contribution in [0, 0.1) is 13.8 Å². The van der Waals surface area contributed by atoms with Gasteiger partial charge in [-0.05, 0) is 49.2 Å². The molecule has 2 aromatic rings. The third-order valence-corrected chi connectivity index (χ3v) is 4.49. The molecule has 1 aliphatic rings. The first-order valence-electron chi connectivity index (χ1n) is 7.27. The predicted molar refractivity (Wildman–Crippen MR) is 96.4 cm³/mol. The van der Waals surface area contributed by atoms with Gasteiger partial charge in [0.2, 0.25) is 0 Å². The topological polar surface area (TPSA) is 49.4 Å². The van der Waals surface area contributed by atoms with Gasteiger partial charge >= 0.3 is 0 Å². The molecule has 0 aliphatic carbocycles. The van der Waals surface area contributed by atoms with Crippen molar-refractivity contribution in [1.82, 2.24) is 0 Å². The molecule has 0 fully saturated rings. The zero-order valence-corrected chi connectivity index (χ0v) is 14.6. The van der Waals surface area contributed by atoms with E-state index in [1.165, 1.54) is 0 Å². The minimum atomic E-state index is -0.548. The van der Waals surface area contributed by atoms with Crippen molar-refractivity contribution in [2.75, 3.05) is 10.2 Å². The van der Waals surface area contributed by atoms with Crippen molar-refractivity contribution in [3.63, 3.8) is 0 Å². The maximum Gasteiger partial charge on any atom is 0.283 e. The lowest BCUT2D eigenvalue weighted by molar-refractivity contribution is -0.120. The van der Waals surface area contributed by atoms with E-state index >= 15 is 0 Å². The molecule has 0 spiro atoms. The maximum atomic E-state index is 12.7. The molecule has 3 rings (SSSR count). The van der Waals surface area contributed by atoms with E-state index in [4.69, 9.17) is 23.2 Å². The highest BCUT2D eigenvalue weighted by molar-refractivity contribution is 6.53. The Labute approximate surface area is 149 Å². The van der Waals surface area contributed by atoms with Gasteiger partial charge in [0.1, 0.15) is 10.7 Å². The van der Waals surface area contributed by atoms with E-state index in [1.807, 2.05) is 26.0 Å². The summed E-state index contributed by atoms with van der Waals surface area (Å²) < 4.78 is 0. The van der Waals surface area contributed by atoms with Crippen LogP contribution in [0.1, 0.15) is 11.1 Å². The van der Waals surface area contributed by atoms with Crippen LogP contribution in [0.2, 0.25) is 5.02 Å². The second-order valence-electron chi connectivity index (χ2n) is 5.56. The molecule has 0 saturated heterocycles. The van der Waals surface area contributed by atoms with Crippen molar-refractivity contribution in [3.8, 4) is 0 Å². The Morgan fingerprint density at radius 3 is 2.38 bits per heavy atom. The van der Waals surface area contributed by atoms with Crippen LogP contribution in [0.15, 0.2) is 53.2 Å². The molecule has 0 radical (unpaired) electrons. The number of nitrogens with one attached hydrogen (secondary N) is 1. The summed E-state index contributed by atoms with van der Waals surface area (Å²) in [6, 6.07) is 12.4. The van der Waals surface area contributed by atoms with Crippen molar-refractivity contribution in [1.29, 1.82) is 0 Å². The molecule has 6 heteroatoms. The first-order chi connectivity index (χ1) is 11.4. The average Bonchev–Trinajstić information content (AvgIpc) is 2.74. The monoisotopic (exact) mass is 360 g/mol. The van der Waals surface area contributed by atoms with Gasteiger partial charge in [0.05, 0.1) is 5.69 Å². The number of halogens is 2. The van der Waals surface area contributed by atoms with Gasteiger partial charge in [0, 0.05) is 10.7 Å². The molecule has 2 amide bonds. The summed E-state index contributed by atoms with van der Waals surface area (Å²) in [6.07, 6.45) is 0. The van der Waals surface area contributed by atoms with Crippen LogP contribution in [0.25, 0.3) is 0 Å². The highest BCUT2D eigenvalue weighted by atomic mass is 35.5. The van der Waals surface area contributed by atoms with Crippen LogP contribution in [0.3, 0.4) is 0 Å². The normalized spacial score (nSPS) is 14.6. The number of hydrogen-bond acceptors (Lipinski definition) is 3. The molecule has 1 heterocycles. The fourth-order valence-corrected chi connectivity index (χ4v) is 2.82. The number of benzene rings is 2. The second kappa shape index (κ2) is 6.30. The van der Waals surface area contributed by atoms with Crippen LogP contribution >= 0.6 is 23.2 Å². The summed E-state index contributed by atoms with van der Waals surface area (Å²) in [4.78, 5) is 26.1. The summed E-state index contributed by atoms with van der Waals surface area (Å²) in [5.74, 6) is -1.04. The number of carbonyl (C=O) groups is 2. The van der Waals surface area contributed by atoms with Gasteiger partial charge in [0.25, 0.3) is 11.8 Å². The number of hydrogen-bond donors (Lipinski definition) is 1. The Kier molecular flexibility index (Phi) is 4.35. The summed E-state index contributed by atoms with van der Waals surface area (Å²) in [6.45, 7) is 3.76. The number of aryl methyl sites for hydroxylation is 2. The van der Waals surface area contributed by atoms with Gasteiger partial charge in [-0.3, -0.25) is 9.59 Å². The van der Waals surface area contributed by atoms with Crippen LogP contribution in [0.4, 0.5) is 11.4 Å². The fraction of sp³-hybridized carbons (Fsp3) is 0.111. The number of nitrogens with zero attached hydrogens (tertiary/aromatic N) is 1. The molecule has 2 aromatic carbocycles. The van der Waals surface area contributed by atoms with E-state index in [0.717, 1.165) is 16.0 Å². The molecule has 122 valence electrons. The number of imide groups is 1. The Hall–Kier alpha value is -2.30. The zero-order chi connectivity index (χ0) is 17.4. The fourth-order valence-electron chi connectivity index (χ4n) is 2.43. The number of amides is 2. The second-order valence-corrected chi connectivity index (χ2v) is 6.35. The number of rotatable bonds is 3. The highest BCUT2D eigenvalue weighted by Gasteiger charge is 2.38. The van der Waals surface area contributed by atoms with Crippen molar-refractivity contribution >= 4 is 46.4 Å². The number of anilines is 2. The third kappa shape index (κ3) is 2.90. The van der Waals surface area contributed by atoms with Crippen LogP contribution in [-0.2, 0) is 9.59 Å². The third-order valence-electron chi connectivity index (χ3n) is 3.73. The smallest absolute Gasteiger partial charge is 0.283 e. The SMILES string of the molecule is Cc1cccc(N2C(=O)C(Cl)=C(Nc3ccc(C)c(Cl)c3)C2=O)c1. The summed E-state index contributed by atoms with van der Waals surface area (Å²) in [7, 11) is 0. The zero-order valence-electron chi connectivity index (χ0n) is 13.1. The standard InChI is InChI=1S/C18H14Cl2N2O2/c1-10-4-3-5-13(8-10)22-17(23)15(20)16(18(22)24)21-12-7-6-11(2)14(19)9-12/h3-9,21H,1-2H3. The van der Waals surface area contributed by atoms with Gasteiger partial charge in [-0.25, -0.2) is 4.90 Å². The lowest BCUT2D eigenvalue weighted by atomic mass is 10.2. The van der Waals surface area contributed by atoms with E-state index in [9.17, 15) is 9.59 Å². The van der Waals surface area contributed by atoms with Gasteiger partial charge in [-0.1, -0.05) is 41.4 Å². The van der Waals surface area contributed by atoms with E-state index in [0.29, 0.717) is 16.4 Å². The van der Waals surface area contributed by atoms with Gasteiger partial charge in [-0.15, -0.1) is 0 Å². The van der Waals surface area contributed by atoms with Gasteiger partial charge in [0.15, 0.2) is 0 Å². The van der Waals surface area contributed by atoms with Crippen LogP contribution < -0.4 is 10.2 Å². The molecule has 4 nitrogen and oxygen atoms in total. The molecule has 0 atom stereocenters. The summed E-state index contributed by atoms with van der Waals surface area (Å²) >= 11 is 12.2. The molecular formula is C18H14Cl2N2O2. The van der Waals surface area contributed by atoms with Gasteiger partial charge in [-0.2, -0.15) is 0 Å². The lowest BCUT2D eigenvalue weighted by Gasteiger charge is -2.15. The first-order valence-corrected chi connectivity index (χ1v) is 8.02. The van der Waals surface area contributed by atoms with Crippen molar-refractivity contribution in [2.45, 2.75) is 13.8 Å². The largest absolute Gasteiger partial charge is 0.350 e. The Balaban J connectivity index is 1.93. The van der Waals surface area contributed by atoms with Gasteiger partial charge < -0.3 is 5.32 Å². The summed E-state index contributed by atoms with van der Waals surface area (Å²) in [5, 5.41) is 3.32. The van der Waals surface area contributed by atoms with Crippen molar-refractivity contribution in [3.05, 3.63) is 69.3 Å². The lowest BCUT2D eigenvalue weighted by Crippen LogP contribution is -2.32. The Morgan fingerprint density at radius 1 is 0.958 bits per heavy atom. The number of carbonyl (C=O) groups excluding carboxylic acids is 2.